The van der Waals surface area contributed by atoms with Gasteiger partial charge in [-0.15, -0.1) is 0 Å². The summed E-state index contributed by atoms with van der Waals surface area (Å²) in [5.74, 6) is 0.180. The smallest absolute Gasteiger partial charge is 0.221 e. The van der Waals surface area contributed by atoms with E-state index < -0.39 is 0 Å². The van der Waals surface area contributed by atoms with E-state index in [1.807, 2.05) is 0 Å². The Morgan fingerprint density at radius 2 is 1.88 bits per heavy atom. The van der Waals surface area contributed by atoms with Crippen molar-refractivity contribution in [2.75, 3.05) is 19.6 Å². The van der Waals surface area contributed by atoms with Crippen molar-refractivity contribution in [1.29, 1.82) is 0 Å². The molecular weight excluding hydrogens is 214 g/mol. The Kier molecular flexibility index (Phi) is 4.80. The van der Waals surface area contributed by atoms with Crippen LogP contribution >= 0.6 is 0 Å². The molecule has 17 heavy (non-hydrogen) atoms. The largest absolute Gasteiger partial charge is 0.352 e. The zero-order chi connectivity index (χ0) is 12.1. The SMILES string of the molecule is NC1CCCCC1NC(=O)CCN1CCCC1. The van der Waals surface area contributed by atoms with Crippen LogP contribution in [-0.4, -0.2) is 42.5 Å². The van der Waals surface area contributed by atoms with Gasteiger partial charge < -0.3 is 16.0 Å². The minimum Gasteiger partial charge on any atom is -0.352 e. The van der Waals surface area contributed by atoms with Gasteiger partial charge in [0, 0.05) is 25.0 Å². The number of likely N-dealkylation sites (tertiary alicyclic amines) is 1. The summed E-state index contributed by atoms with van der Waals surface area (Å²) in [5, 5.41) is 3.10. The third-order valence-corrected chi connectivity index (χ3v) is 4.02. The van der Waals surface area contributed by atoms with Crippen molar-refractivity contribution in [3.63, 3.8) is 0 Å². The van der Waals surface area contributed by atoms with Crippen molar-refractivity contribution in [3.8, 4) is 0 Å². The van der Waals surface area contributed by atoms with Gasteiger partial charge in [-0.05, 0) is 38.8 Å². The van der Waals surface area contributed by atoms with Gasteiger partial charge >= 0.3 is 0 Å². The van der Waals surface area contributed by atoms with E-state index in [1.54, 1.807) is 0 Å². The summed E-state index contributed by atoms with van der Waals surface area (Å²) in [4.78, 5) is 14.2. The van der Waals surface area contributed by atoms with Gasteiger partial charge in [-0.1, -0.05) is 12.8 Å². The normalized spacial score (nSPS) is 30.4. The van der Waals surface area contributed by atoms with Crippen LogP contribution in [0.25, 0.3) is 0 Å². The van der Waals surface area contributed by atoms with Crippen molar-refractivity contribution in [2.24, 2.45) is 5.73 Å². The molecule has 2 fully saturated rings. The van der Waals surface area contributed by atoms with E-state index in [-0.39, 0.29) is 18.0 Å². The van der Waals surface area contributed by atoms with Gasteiger partial charge in [0.25, 0.3) is 0 Å². The maximum Gasteiger partial charge on any atom is 0.221 e. The Morgan fingerprint density at radius 1 is 1.18 bits per heavy atom. The van der Waals surface area contributed by atoms with Gasteiger partial charge in [0.1, 0.15) is 0 Å². The first-order valence-electron chi connectivity index (χ1n) is 7.03. The lowest BCUT2D eigenvalue weighted by Gasteiger charge is -2.29. The second-order valence-corrected chi connectivity index (χ2v) is 5.42. The molecule has 4 nitrogen and oxygen atoms in total. The van der Waals surface area contributed by atoms with E-state index in [4.69, 9.17) is 5.73 Å². The summed E-state index contributed by atoms with van der Waals surface area (Å²) >= 11 is 0. The van der Waals surface area contributed by atoms with Gasteiger partial charge in [-0.3, -0.25) is 4.79 Å². The van der Waals surface area contributed by atoms with Crippen LogP contribution in [0.2, 0.25) is 0 Å². The standard InChI is InChI=1S/C13H25N3O/c14-11-5-1-2-6-12(11)15-13(17)7-10-16-8-3-4-9-16/h11-12H,1-10,14H2,(H,15,17). The lowest BCUT2D eigenvalue weighted by Crippen LogP contribution is -2.49. The average Bonchev–Trinajstić information content (AvgIpc) is 2.82. The van der Waals surface area contributed by atoms with Gasteiger partial charge in [-0.25, -0.2) is 0 Å². The van der Waals surface area contributed by atoms with E-state index in [0.29, 0.717) is 6.42 Å². The zero-order valence-electron chi connectivity index (χ0n) is 10.7. The van der Waals surface area contributed by atoms with Crippen LogP contribution in [-0.2, 0) is 4.79 Å². The maximum atomic E-state index is 11.8. The summed E-state index contributed by atoms with van der Waals surface area (Å²) < 4.78 is 0. The Hall–Kier alpha value is -0.610. The van der Waals surface area contributed by atoms with E-state index in [1.165, 1.54) is 25.7 Å². The van der Waals surface area contributed by atoms with Crippen molar-refractivity contribution in [2.45, 2.75) is 57.0 Å². The van der Waals surface area contributed by atoms with Crippen LogP contribution in [0.5, 0.6) is 0 Å². The summed E-state index contributed by atoms with van der Waals surface area (Å²) in [6, 6.07) is 0.384. The molecule has 4 heteroatoms. The highest BCUT2D eigenvalue weighted by Crippen LogP contribution is 2.17. The van der Waals surface area contributed by atoms with E-state index in [2.05, 4.69) is 10.2 Å². The van der Waals surface area contributed by atoms with Gasteiger partial charge in [0.2, 0.25) is 5.91 Å². The number of rotatable bonds is 4. The quantitative estimate of drug-likeness (QED) is 0.765. The van der Waals surface area contributed by atoms with Gasteiger partial charge in [-0.2, -0.15) is 0 Å². The van der Waals surface area contributed by atoms with Crippen LogP contribution in [0.1, 0.15) is 44.9 Å². The number of nitrogens with two attached hydrogens (primary N) is 1. The second kappa shape index (κ2) is 6.36. The highest BCUT2D eigenvalue weighted by Gasteiger charge is 2.23. The minimum atomic E-state index is 0.166. The predicted molar refractivity (Wildman–Crippen MR) is 68.7 cm³/mol. The Balaban J connectivity index is 1.65. The van der Waals surface area contributed by atoms with E-state index >= 15 is 0 Å². The number of amides is 1. The molecule has 0 aromatic carbocycles. The molecule has 2 atom stereocenters. The Bertz CT molecular complexity index is 251. The van der Waals surface area contributed by atoms with Crippen LogP contribution in [0.3, 0.4) is 0 Å². The minimum absolute atomic E-state index is 0.166. The second-order valence-electron chi connectivity index (χ2n) is 5.42. The summed E-state index contributed by atoms with van der Waals surface area (Å²) in [7, 11) is 0. The van der Waals surface area contributed by atoms with Crippen molar-refractivity contribution in [3.05, 3.63) is 0 Å². The third-order valence-electron chi connectivity index (χ3n) is 4.02. The maximum absolute atomic E-state index is 11.8. The molecule has 1 saturated carbocycles. The van der Waals surface area contributed by atoms with Crippen LogP contribution < -0.4 is 11.1 Å². The first kappa shape index (κ1) is 12.8. The van der Waals surface area contributed by atoms with Crippen molar-refractivity contribution in [1.82, 2.24) is 10.2 Å². The molecule has 3 N–H and O–H groups in total. The number of carbonyl (C=O) groups is 1. The molecular formula is C13H25N3O. The summed E-state index contributed by atoms with van der Waals surface area (Å²) in [6.07, 6.45) is 7.72. The molecule has 1 aliphatic carbocycles. The third kappa shape index (κ3) is 3.96. The lowest BCUT2D eigenvalue weighted by molar-refractivity contribution is -0.122. The number of hydrogen-bond donors (Lipinski definition) is 2. The number of nitrogens with one attached hydrogen (secondary N) is 1. The molecule has 1 heterocycles. The van der Waals surface area contributed by atoms with Crippen LogP contribution in [0.15, 0.2) is 0 Å². The first-order chi connectivity index (χ1) is 8.25. The molecule has 2 unspecified atom stereocenters. The highest BCUT2D eigenvalue weighted by atomic mass is 16.1. The van der Waals surface area contributed by atoms with Crippen LogP contribution in [0.4, 0.5) is 0 Å². The number of carbonyl (C=O) groups excluding carboxylic acids is 1. The lowest BCUT2D eigenvalue weighted by atomic mass is 9.91. The Morgan fingerprint density at radius 3 is 2.59 bits per heavy atom. The molecule has 1 aliphatic heterocycles. The zero-order valence-corrected chi connectivity index (χ0v) is 10.7. The van der Waals surface area contributed by atoms with E-state index in [0.717, 1.165) is 32.5 Å². The Labute approximate surface area is 104 Å². The molecule has 0 radical (unpaired) electrons. The fourth-order valence-electron chi connectivity index (χ4n) is 2.88. The highest BCUT2D eigenvalue weighted by molar-refractivity contribution is 5.76. The first-order valence-corrected chi connectivity index (χ1v) is 7.03. The molecule has 0 bridgehead atoms. The molecule has 2 aliphatic rings. The molecule has 1 saturated heterocycles. The molecule has 0 aromatic heterocycles. The average molecular weight is 239 g/mol. The number of nitrogens with zero attached hydrogens (tertiary/aromatic N) is 1. The monoisotopic (exact) mass is 239 g/mol. The molecule has 1 amide bonds. The predicted octanol–water partition coefficient (Wildman–Crippen LogP) is 0.858. The molecule has 0 aromatic rings. The molecule has 98 valence electrons. The van der Waals surface area contributed by atoms with Crippen LogP contribution in [0, 0.1) is 0 Å². The van der Waals surface area contributed by atoms with Crippen molar-refractivity contribution >= 4 is 5.91 Å². The van der Waals surface area contributed by atoms with E-state index in [9.17, 15) is 4.79 Å². The van der Waals surface area contributed by atoms with Gasteiger partial charge in [0.15, 0.2) is 0 Å². The fourth-order valence-corrected chi connectivity index (χ4v) is 2.88. The summed E-state index contributed by atoms with van der Waals surface area (Å²) in [5.41, 5.74) is 6.02. The topological polar surface area (TPSA) is 58.4 Å². The van der Waals surface area contributed by atoms with Gasteiger partial charge in [0.05, 0.1) is 0 Å². The molecule has 2 rings (SSSR count). The van der Waals surface area contributed by atoms with Crippen molar-refractivity contribution < 1.29 is 4.79 Å². The molecule has 0 spiro atoms. The number of hydrogen-bond acceptors (Lipinski definition) is 3. The fraction of sp³-hybridized carbons (Fsp3) is 0.923. The summed E-state index contributed by atoms with van der Waals surface area (Å²) in [6.45, 7) is 3.24.